The van der Waals surface area contributed by atoms with Gasteiger partial charge < -0.3 is 57.6 Å². The maximum atomic E-state index is 13.0. The smallest absolute Gasteiger partial charge is 0.311 e. The standard InChI is InChI=1S/C36H58NO7.C24H33NO3.C8H14O4/c1-7-19-41-22-23-44-34(40)36(5,6)24-31(14-13-29-11-9-8-10-12-29)30-15-17-37(18-16-30)26-33(39)28-43-21-20-42-27-32(38)25-35(2,3)4;1-4-16-27-17-18-28-23(26)24(2,3)19-22(21-12-14-25-15-13-21)11-10-20-8-6-5-7-9-20;1(9-3-7-5-11-7)2-10-4-8-6-12-8/h8-12,15-18,31-33,38-39H,7,13-14,19-28H2,1-6H3;5-9,12-15,22H,4,10-11,16-19H2,1-3H3;7-8H,1-6H2/q+1;;. The van der Waals surface area contributed by atoms with E-state index < -0.39 is 23.0 Å². The lowest BCUT2D eigenvalue weighted by molar-refractivity contribution is -0.704. The summed E-state index contributed by atoms with van der Waals surface area (Å²) in [6.45, 7) is 27.1. The van der Waals surface area contributed by atoms with E-state index in [1.54, 1.807) is 0 Å². The second kappa shape index (κ2) is 40.6. The zero-order valence-electron chi connectivity index (χ0n) is 52.4. The summed E-state index contributed by atoms with van der Waals surface area (Å²) >= 11 is 0. The Morgan fingerprint density at radius 1 is 0.536 bits per heavy atom. The lowest BCUT2D eigenvalue weighted by Gasteiger charge is -2.28. The van der Waals surface area contributed by atoms with Gasteiger partial charge in [-0.25, -0.2) is 4.57 Å². The molecule has 0 aliphatic carbocycles. The monoisotopic (exact) mass is 1170 g/mol. The summed E-state index contributed by atoms with van der Waals surface area (Å²) in [6, 6.07) is 29.1. The van der Waals surface area contributed by atoms with Crippen molar-refractivity contribution in [3.63, 3.8) is 0 Å². The Kier molecular flexibility index (Phi) is 34.7. The number of nitrogens with zero attached hydrogens (tertiary/aromatic N) is 2. The van der Waals surface area contributed by atoms with Crippen molar-refractivity contribution in [2.45, 2.75) is 163 Å². The van der Waals surface area contributed by atoms with E-state index in [0.717, 1.165) is 63.7 Å². The van der Waals surface area contributed by atoms with Gasteiger partial charge in [0.2, 0.25) is 0 Å². The summed E-state index contributed by atoms with van der Waals surface area (Å²) in [4.78, 5) is 29.8. The highest BCUT2D eigenvalue weighted by atomic mass is 16.6. The number of carbonyl (C=O) groups is 2. The first-order valence-corrected chi connectivity index (χ1v) is 30.7. The van der Waals surface area contributed by atoms with Crippen molar-refractivity contribution in [2.75, 3.05) is 106 Å². The lowest BCUT2D eigenvalue weighted by atomic mass is 9.78. The van der Waals surface area contributed by atoms with E-state index >= 15 is 0 Å². The number of aliphatic hydroxyl groups is 2. The van der Waals surface area contributed by atoms with Gasteiger partial charge in [0.05, 0.1) is 96.2 Å². The Morgan fingerprint density at radius 3 is 1.36 bits per heavy atom. The minimum Gasteiger partial charge on any atom is -0.463 e. The van der Waals surface area contributed by atoms with Crippen LogP contribution in [0.2, 0.25) is 0 Å². The molecule has 0 spiro atoms. The number of pyridine rings is 2. The summed E-state index contributed by atoms with van der Waals surface area (Å²) < 4.78 is 55.4. The largest absolute Gasteiger partial charge is 0.463 e. The number of carbonyl (C=O) groups excluding carboxylic acids is 2. The maximum absolute atomic E-state index is 13.0. The molecule has 2 aliphatic rings. The molecule has 0 bridgehead atoms. The molecular weight excluding hydrogens is 1070 g/mol. The van der Waals surface area contributed by atoms with Crippen LogP contribution in [0.25, 0.3) is 0 Å². The number of hydrogen-bond acceptors (Lipinski definition) is 15. The van der Waals surface area contributed by atoms with Crippen molar-refractivity contribution in [2.24, 2.45) is 16.2 Å². The van der Waals surface area contributed by atoms with E-state index in [4.69, 9.17) is 47.4 Å². The van der Waals surface area contributed by atoms with Crippen LogP contribution >= 0.6 is 0 Å². The Morgan fingerprint density at radius 2 is 0.940 bits per heavy atom. The van der Waals surface area contributed by atoms with Crippen LogP contribution in [0.15, 0.2) is 110 Å². The Hall–Kier alpha value is -4.72. The minimum atomic E-state index is -0.666. The minimum absolute atomic E-state index is 0.0519. The van der Waals surface area contributed by atoms with Crippen LogP contribution in [0.3, 0.4) is 0 Å². The SMILES string of the molecule is C(COCC1CO1)OCC1CO1.CCCOCCOC(=O)C(C)(C)CC(CCc1ccccc1)c1cc[n+](CC(O)COCCOCC(O)CC(C)(C)C)cc1.CCCOCCOC(=O)C(C)(C)CC(CCc1ccccc1)c1ccncc1. The molecule has 16 heteroatoms. The first-order chi connectivity index (χ1) is 40.4. The molecule has 6 unspecified atom stereocenters. The van der Waals surface area contributed by atoms with Crippen LogP contribution in [-0.4, -0.2) is 157 Å². The van der Waals surface area contributed by atoms with Crippen molar-refractivity contribution in [1.82, 2.24) is 4.98 Å². The van der Waals surface area contributed by atoms with Gasteiger partial charge in [-0.1, -0.05) is 95.3 Å². The van der Waals surface area contributed by atoms with E-state index in [0.29, 0.717) is 104 Å². The molecule has 2 saturated heterocycles. The normalized spacial score (nSPS) is 16.2. The van der Waals surface area contributed by atoms with Crippen molar-refractivity contribution < 1.29 is 71.7 Å². The van der Waals surface area contributed by atoms with Gasteiger partial charge >= 0.3 is 11.9 Å². The average molecular weight is 1170 g/mol. The molecule has 2 aromatic heterocycles. The third-order valence-corrected chi connectivity index (χ3v) is 14.1. The molecule has 2 fully saturated rings. The summed E-state index contributed by atoms with van der Waals surface area (Å²) in [6.07, 6.45) is 14.9. The molecule has 0 radical (unpaired) electrons. The number of benzene rings is 2. The van der Waals surface area contributed by atoms with Crippen LogP contribution in [0.4, 0.5) is 0 Å². The molecule has 470 valence electrons. The summed E-state index contributed by atoms with van der Waals surface area (Å²) in [7, 11) is 0. The lowest BCUT2D eigenvalue weighted by Crippen LogP contribution is -2.41. The predicted octanol–water partition coefficient (Wildman–Crippen LogP) is 10.3. The Labute approximate surface area is 503 Å². The van der Waals surface area contributed by atoms with Crippen molar-refractivity contribution in [1.29, 1.82) is 0 Å². The number of rotatable bonds is 41. The molecule has 0 saturated carbocycles. The van der Waals surface area contributed by atoms with Crippen molar-refractivity contribution >= 4 is 11.9 Å². The molecule has 16 nitrogen and oxygen atoms in total. The topological polar surface area (TPSA) is 190 Å². The number of aryl methyl sites for hydroxylation is 2. The molecule has 6 atom stereocenters. The number of ether oxygens (including phenoxy) is 10. The van der Waals surface area contributed by atoms with E-state index in [9.17, 15) is 19.8 Å². The second-order valence-corrected chi connectivity index (χ2v) is 24.5. The van der Waals surface area contributed by atoms with E-state index in [1.807, 2.05) is 76.1 Å². The van der Waals surface area contributed by atoms with E-state index in [-0.39, 0.29) is 49.0 Å². The van der Waals surface area contributed by atoms with Crippen LogP contribution < -0.4 is 4.57 Å². The molecule has 0 amide bonds. The number of aliphatic hydroxyl groups excluding tert-OH is 2. The fourth-order valence-corrected chi connectivity index (χ4v) is 9.41. The van der Waals surface area contributed by atoms with Crippen LogP contribution in [0, 0.1) is 16.2 Å². The number of aromatic nitrogens is 2. The van der Waals surface area contributed by atoms with Gasteiger partial charge in [0, 0.05) is 37.7 Å². The zero-order chi connectivity index (χ0) is 60.9. The fraction of sp³-hybridized carbons (Fsp3) is 0.647. The Bertz CT molecular complexity index is 2280. The van der Waals surface area contributed by atoms with Gasteiger partial charge in [-0.05, 0) is 137 Å². The first kappa shape index (κ1) is 71.8. The highest BCUT2D eigenvalue weighted by Gasteiger charge is 2.35. The van der Waals surface area contributed by atoms with E-state index in [1.165, 1.54) is 16.7 Å². The highest BCUT2D eigenvalue weighted by Crippen LogP contribution is 2.37. The number of hydrogen-bond donors (Lipinski definition) is 2. The van der Waals surface area contributed by atoms with Gasteiger partial charge in [0.25, 0.3) is 0 Å². The maximum Gasteiger partial charge on any atom is 0.311 e. The fourth-order valence-electron chi connectivity index (χ4n) is 9.41. The summed E-state index contributed by atoms with van der Waals surface area (Å²) in [5.74, 6) is 0.0512. The quantitative estimate of drug-likeness (QED) is 0.0185. The molecule has 84 heavy (non-hydrogen) atoms. The van der Waals surface area contributed by atoms with Gasteiger partial charge in [-0.2, -0.15) is 0 Å². The molecule has 4 aromatic rings. The van der Waals surface area contributed by atoms with Gasteiger partial charge in [-0.15, -0.1) is 0 Å². The number of epoxide rings is 2. The molecule has 2 aromatic carbocycles. The highest BCUT2D eigenvalue weighted by molar-refractivity contribution is 5.76. The molecule has 4 heterocycles. The first-order valence-electron chi connectivity index (χ1n) is 30.7. The molecule has 6 rings (SSSR count). The molecule has 2 N–H and O–H groups in total. The van der Waals surface area contributed by atoms with Crippen LogP contribution in [0.5, 0.6) is 0 Å². The Balaban J connectivity index is 0.000000317. The predicted molar refractivity (Wildman–Crippen MR) is 326 cm³/mol. The van der Waals surface area contributed by atoms with Crippen molar-refractivity contribution in [3.05, 3.63) is 132 Å². The molecule has 2 aliphatic heterocycles. The molecular formula is C68H105N2O14+. The van der Waals surface area contributed by atoms with Gasteiger partial charge in [0.15, 0.2) is 18.9 Å². The third-order valence-electron chi connectivity index (χ3n) is 14.1. The second-order valence-electron chi connectivity index (χ2n) is 24.5. The number of esters is 2. The van der Waals surface area contributed by atoms with Crippen LogP contribution in [0.1, 0.15) is 141 Å². The summed E-state index contributed by atoms with van der Waals surface area (Å²) in [5, 5.41) is 20.5. The average Bonchev–Trinajstić information content (AvgIpc) is 4.57. The third kappa shape index (κ3) is 33.3. The van der Waals surface area contributed by atoms with Crippen LogP contribution in [-0.2, 0) is 76.3 Å². The van der Waals surface area contributed by atoms with Crippen molar-refractivity contribution in [3.8, 4) is 0 Å². The summed E-state index contributed by atoms with van der Waals surface area (Å²) in [5.41, 5.74) is 3.80. The van der Waals surface area contributed by atoms with Gasteiger partial charge in [-0.3, -0.25) is 14.6 Å². The van der Waals surface area contributed by atoms with E-state index in [2.05, 4.69) is 105 Å². The zero-order valence-corrected chi connectivity index (χ0v) is 52.4. The van der Waals surface area contributed by atoms with Gasteiger partial charge in [0.1, 0.15) is 31.5 Å².